The second kappa shape index (κ2) is 12.7. The van der Waals surface area contributed by atoms with Gasteiger partial charge in [0, 0.05) is 18.1 Å². The third-order valence-corrected chi connectivity index (χ3v) is 7.98. The lowest BCUT2D eigenvalue weighted by atomic mass is 10.1. The molecule has 1 N–H and O–H groups in total. The number of amides is 2. The van der Waals surface area contributed by atoms with E-state index in [-0.39, 0.29) is 17.3 Å². The molecule has 3 aromatic carbocycles. The predicted octanol–water partition coefficient (Wildman–Crippen LogP) is 4.79. The van der Waals surface area contributed by atoms with E-state index in [1.807, 2.05) is 51.1 Å². The third-order valence-electron chi connectivity index (χ3n) is 5.94. The highest BCUT2D eigenvalue weighted by molar-refractivity contribution is 7.92. The number of carbonyl (C=O) groups excluding carboxylic acids is 2. The number of carbonyl (C=O) groups is 2. The molecule has 0 saturated carbocycles. The lowest BCUT2D eigenvalue weighted by Crippen LogP contribution is -2.52. The highest BCUT2D eigenvalue weighted by Crippen LogP contribution is 2.26. The largest absolute Gasteiger partial charge is 0.355 e. The molecule has 0 aliphatic carbocycles. The Morgan fingerprint density at radius 1 is 0.919 bits per heavy atom. The minimum atomic E-state index is -4.11. The molecule has 0 bridgehead atoms. The summed E-state index contributed by atoms with van der Waals surface area (Å²) in [5.74, 6) is -0.777. The van der Waals surface area contributed by atoms with Crippen LogP contribution in [0, 0.1) is 6.92 Å². The molecule has 0 fully saturated rings. The van der Waals surface area contributed by atoms with Crippen LogP contribution in [0.1, 0.15) is 31.4 Å². The van der Waals surface area contributed by atoms with Crippen LogP contribution < -0.4 is 9.62 Å². The van der Waals surface area contributed by atoms with Gasteiger partial charge in [0.1, 0.15) is 12.6 Å². The van der Waals surface area contributed by atoms with Gasteiger partial charge in [0.15, 0.2) is 0 Å². The second-order valence-corrected chi connectivity index (χ2v) is 10.9. The minimum absolute atomic E-state index is 0.0613. The molecule has 9 heteroatoms. The van der Waals surface area contributed by atoms with E-state index in [2.05, 4.69) is 5.32 Å². The average molecular weight is 542 g/mol. The van der Waals surface area contributed by atoms with Crippen LogP contribution in [0.25, 0.3) is 0 Å². The van der Waals surface area contributed by atoms with Crippen LogP contribution in [0.15, 0.2) is 83.8 Å². The molecule has 1 atom stereocenters. The van der Waals surface area contributed by atoms with Crippen molar-refractivity contribution in [3.63, 3.8) is 0 Å². The SMILES string of the molecule is CCNC(=O)C(CC)N(Cc1ccccc1)C(=O)CN(c1ccc(Cl)cc1)S(=O)(=O)c1ccc(C)cc1. The number of sulfonamides is 1. The van der Waals surface area contributed by atoms with Crippen LogP contribution in [0.4, 0.5) is 5.69 Å². The molecule has 3 aromatic rings. The number of anilines is 1. The van der Waals surface area contributed by atoms with Crippen LogP contribution in [0.2, 0.25) is 5.02 Å². The Hall–Kier alpha value is -3.36. The summed E-state index contributed by atoms with van der Waals surface area (Å²) in [6, 6.07) is 21.3. The van der Waals surface area contributed by atoms with Crippen LogP contribution in [-0.2, 0) is 26.2 Å². The van der Waals surface area contributed by atoms with Gasteiger partial charge < -0.3 is 10.2 Å². The molecule has 1 unspecified atom stereocenters. The Labute approximate surface area is 224 Å². The molecular weight excluding hydrogens is 510 g/mol. The van der Waals surface area contributed by atoms with E-state index in [1.54, 1.807) is 36.4 Å². The number of nitrogens with one attached hydrogen (secondary N) is 1. The van der Waals surface area contributed by atoms with Gasteiger partial charge in [-0.25, -0.2) is 8.42 Å². The van der Waals surface area contributed by atoms with Crippen molar-refractivity contribution in [2.45, 2.75) is 44.7 Å². The fourth-order valence-electron chi connectivity index (χ4n) is 3.97. The maximum atomic E-state index is 13.9. The van der Waals surface area contributed by atoms with E-state index >= 15 is 0 Å². The van der Waals surface area contributed by atoms with Gasteiger partial charge in [-0.2, -0.15) is 0 Å². The van der Waals surface area contributed by atoms with Crippen LogP contribution in [-0.4, -0.2) is 44.3 Å². The molecular formula is C28H32ClN3O4S. The number of nitrogens with zero attached hydrogens (tertiary/aromatic N) is 2. The van der Waals surface area contributed by atoms with Crippen molar-refractivity contribution in [3.8, 4) is 0 Å². The summed E-state index contributed by atoms with van der Waals surface area (Å²) in [5.41, 5.74) is 2.04. The summed E-state index contributed by atoms with van der Waals surface area (Å²) in [6.07, 6.45) is 0.371. The standard InChI is InChI=1S/C28H32ClN3O4S/c1-4-26(28(34)30-5-2)31(19-22-9-7-6-8-10-22)27(33)20-32(24-15-13-23(29)14-16-24)37(35,36)25-17-11-21(3)12-18-25/h6-18,26H,4-5,19-20H2,1-3H3,(H,30,34). The summed E-state index contributed by atoms with van der Waals surface area (Å²) in [4.78, 5) is 28.3. The minimum Gasteiger partial charge on any atom is -0.355 e. The molecule has 196 valence electrons. The lowest BCUT2D eigenvalue weighted by Gasteiger charge is -2.33. The van der Waals surface area contributed by atoms with E-state index in [4.69, 9.17) is 11.6 Å². The Morgan fingerprint density at radius 2 is 1.54 bits per heavy atom. The summed E-state index contributed by atoms with van der Waals surface area (Å²) < 4.78 is 28.6. The first kappa shape index (κ1) is 28.2. The van der Waals surface area contributed by atoms with Gasteiger partial charge in [-0.1, -0.05) is 66.6 Å². The van der Waals surface area contributed by atoms with Crippen LogP contribution in [0.5, 0.6) is 0 Å². The molecule has 3 rings (SSSR count). The first-order valence-electron chi connectivity index (χ1n) is 12.1. The van der Waals surface area contributed by atoms with Crippen LogP contribution >= 0.6 is 11.6 Å². The van der Waals surface area contributed by atoms with Crippen LogP contribution in [0.3, 0.4) is 0 Å². The van der Waals surface area contributed by atoms with E-state index in [0.717, 1.165) is 15.4 Å². The first-order chi connectivity index (χ1) is 17.7. The summed E-state index contributed by atoms with van der Waals surface area (Å²) in [6.45, 7) is 5.59. The van der Waals surface area contributed by atoms with Gasteiger partial charge in [0.05, 0.1) is 10.6 Å². The molecule has 0 aromatic heterocycles. The molecule has 7 nitrogen and oxygen atoms in total. The van der Waals surface area contributed by atoms with Crippen molar-refractivity contribution >= 4 is 39.1 Å². The van der Waals surface area contributed by atoms with Crippen molar-refractivity contribution in [3.05, 3.63) is 95.0 Å². The number of benzene rings is 3. The number of rotatable bonds is 11. The highest BCUT2D eigenvalue weighted by Gasteiger charge is 2.33. The van der Waals surface area contributed by atoms with Gasteiger partial charge in [-0.05, 0) is 62.2 Å². The zero-order valence-electron chi connectivity index (χ0n) is 21.2. The zero-order valence-corrected chi connectivity index (χ0v) is 22.8. The topological polar surface area (TPSA) is 86.8 Å². The monoisotopic (exact) mass is 541 g/mol. The van der Waals surface area contributed by atoms with Gasteiger partial charge in [-0.3, -0.25) is 13.9 Å². The molecule has 0 saturated heterocycles. The van der Waals surface area contributed by atoms with Crippen molar-refractivity contribution in [1.82, 2.24) is 10.2 Å². The first-order valence-corrected chi connectivity index (χ1v) is 13.9. The molecule has 37 heavy (non-hydrogen) atoms. The quantitative estimate of drug-likeness (QED) is 0.378. The summed E-state index contributed by atoms with van der Waals surface area (Å²) in [5, 5.41) is 3.23. The van der Waals surface area contributed by atoms with Gasteiger partial charge in [0.2, 0.25) is 11.8 Å². The fourth-order valence-corrected chi connectivity index (χ4v) is 5.51. The third kappa shape index (κ3) is 7.11. The second-order valence-electron chi connectivity index (χ2n) is 8.63. The smallest absolute Gasteiger partial charge is 0.264 e. The van der Waals surface area contributed by atoms with E-state index < -0.39 is 28.5 Å². The highest BCUT2D eigenvalue weighted by atomic mass is 35.5. The Kier molecular flexibility index (Phi) is 9.72. The fraction of sp³-hybridized carbons (Fsp3) is 0.286. The lowest BCUT2D eigenvalue weighted by molar-refractivity contribution is -0.140. The van der Waals surface area contributed by atoms with Crippen molar-refractivity contribution in [2.24, 2.45) is 0 Å². The Morgan fingerprint density at radius 3 is 2.11 bits per heavy atom. The van der Waals surface area contributed by atoms with Crippen molar-refractivity contribution in [2.75, 3.05) is 17.4 Å². The molecule has 0 aliphatic heterocycles. The van der Waals surface area contributed by atoms with Gasteiger partial charge in [0.25, 0.3) is 10.0 Å². The van der Waals surface area contributed by atoms with Crippen molar-refractivity contribution < 1.29 is 18.0 Å². The Bertz CT molecular complexity index is 1300. The predicted molar refractivity (Wildman–Crippen MR) is 147 cm³/mol. The van der Waals surface area contributed by atoms with Gasteiger partial charge in [-0.15, -0.1) is 0 Å². The normalized spacial score (nSPS) is 12.0. The maximum Gasteiger partial charge on any atom is 0.264 e. The summed E-state index contributed by atoms with van der Waals surface area (Å²) >= 11 is 6.05. The Balaban J connectivity index is 2.04. The maximum absolute atomic E-state index is 13.9. The number of likely N-dealkylation sites (N-methyl/N-ethyl adjacent to an activating group) is 1. The molecule has 0 heterocycles. The van der Waals surface area contributed by atoms with E-state index in [9.17, 15) is 18.0 Å². The summed E-state index contributed by atoms with van der Waals surface area (Å²) in [7, 11) is -4.11. The molecule has 0 spiro atoms. The molecule has 0 aliphatic rings. The molecule has 2 amide bonds. The number of aryl methyl sites for hydroxylation is 1. The number of hydrogen-bond donors (Lipinski definition) is 1. The number of halogens is 1. The van der Waals surface area contributed by atoms with Gasteiger partial charge >= 0.3 is 0 Å². The number of hydrogen-bond acceptors (Lipinski definition) is 4. The van der Waals surface area contributed by atoms with E-state index in [0.29, 0.717) is 23.7 Å². The van der Waals surface area contributed by atoms with Crippen molar-refractivity contribution in [1.29, 1.82) is 0 Å². The molecule has 0 radical (unpaired) electrons. The average Bonchev–Trinajstić information content (AvgIpc) is 2.88. The van der Waals surface area contributed by atoms with E-state index in [1.165, 1.54) is 17.0 Å². The zero-order chi connectivity index (χ0) is 27.0.